The van der Waals surface area contributed by atoms with Crippen LogP contribution in [0.1, 0.15) is 68.4 Å². The van der Waals surface area contributed by atoms with Gasteiger partial charge in [-0.3, -0.25) is 0 Å². The molecule has 0 unspecified atom stereocenters. The van der Waals surface area contributed by atoms with E-state index < -0.39 is 0 Å². The second-order valence-corrected chi connectivity index (χ2v) is 7.18. The summed E-state index contributed by atoms with van der Waals surface area (Å²) in [4.78, 5) is 10.9. The highest BCUT2D eigenvalue weighted by molar-refractivity contribution is 5.81. The van der Waals surface area contributed by atoms with Crippen molar-refractivity contribution in [3.05, 3.63) is 48.0 Å². The van der Waals surface area contributed by atoms with Crippen LogP contribution in [0, 0.1) is 5.92 Å². The van der Waals surface area contributed by atoms with Gasteiger partial charge in [0.15, 0.2) is 0 Å². The van der Waals surface area contributed by atoms with Crippen molar-refractivity contribution in [2.75, 3.05) is 13.2 Å². The fourth-order valence-corrected chi connectivity index (χ4v) is 3.65. The predicted molar refractivity (Wildman–Crippen MR) is 102 cm³/mol. The second kappa shape index (κ2) is 11.1. The molecule has 3 heteroatoms. The van der Waals surface area contributed by atoms with E-state index in [1.165, 1.54) is 42.9 Å². The lowest BCUT2D eigenvalue weighted by molar-refractivity contribution is -0.137. The Balaban J connectivity index is 1.61. The molecule has 2 rings (SSSR count). The van der Waals surface area contributed by atoms with Gasteiger partial charge < -0.3 is 9.84 Å². The smallest absolute Gasteiger partial charge is 0.330 e. The van der Waals surface area contributed by atoms with E-state index in [9.17, 15) is 9.90 Å². The molecule has 3 nitrogen and oxygen atoms in total. The number of esters is 1. The number of aliphatic hydroxyl groups is 1. The molecule has 0 atom stereocenters. The first-order valence-corrected chi connectivity index (χ1v) is 9.71. The van der Waals surface area contributed by atoms with Gasteiger partial charge in [-0.25, -0.2) is 4.79 Å². The number of benzene rings is 1. The van der Waals surface area contributed by atoms with Gasteiger partial charge in [-0.15, -0.1) is 0 Å². The first-order valence-electron chi connectivity index (χ1n) is 9.71. The lowest BCUT2D eigenvalue weighted by Crippen LogP contribution is -2.16. The monoisotopic (exact) mass is 344 g/mol. The van der Waals surface area contributed by atoms with Crippen molar-refractivity contribution in [2.24, 2.45) is 5.92 Å². The summed E-state index contributed by atoms with van der Waals surface area (Å²) in [7, 11) is 0. The fraction of sp³-hybridized carbons (Fsp3) is 0.591. The average Bonchev–Trinajstić information content (AvgIpc) is 2.67. The van der Waals surface area contributed by atoms with Crippen LogP contribution in [0.5, 0.6) is 0 Å². The van der Waals surface area contributed by atoms with Crippen LogP contribution < -0.4 is 0 Å². The average molecular weight is 344 g/mol. The zero-order chi connectivity index (χ0) is 17.9. The molecule has 25 heavy (non-hydrogen) atoms. The van der Waals surface area contributed by atoms with Gasteiger partial charge in [0, 0.05) is 12.7 Å². The molecular formula is C22H32O3. The maximum absolute atomic E-state index is 10.9. The highest BCUT2D eigenvalue weighted by Crippen LogP contribution is 2.35. The van der Waals surface area contributed by atoms with E-state index in [2.05, 4.69) is 30.8 Å². The lowest BCUT2D eigenvalue weighted by atomic mass is 9.79. The van der Waals surface area contributed by atoms with Crippen LogP contribution in [0.15, 0.2) is 36.9 Å². The molecule has 1 N–H and O–H groups in total. The van der Waals surface area contributed by atoms with Crippen molar-refractivity contribution < 1.29 is 14.6 Å². The molecule has 0 saturated heterocycles. The van der Waals surface area contributed by atoms with Gasteiger partial charge in [0.05, 0.1) is 6.61 Å². The largest absolute Gasteiger partial charge is 0.463 e. The minimum absolute atomic E-state index is 0.329. The third kappa shape index (κ3) is 7.03. The van der Waals surface area contributed by atoms with Gasteiger partial charge in [-0.1, -0.05) is 43.7 Å². The predicted octanol–water partition coefficient (Wildman–Crippen LogP) is 4.78. The van der Waals surface area contributed by atoms with Crippen molar-refractivity contribution >= 4 is 5.97 Å². The molecule has 0 heterocycles. The Morgan fingerprint density at radius 2 is 1.76 bits per heavy atom. The first kappa shape index (κ1) is 19.7. The highest BCUT2D eigenvalue weighted by Gasteiger charge is 2.21. The molecule has 1 aliphatic rings. The van der Waals surface area contributed by atoms with E-state index in [1.54, 1.807) is 0 Å². The summed E-state index contributed by atoms with van der Waals surface area (Å²) in [6.07, 6.45) is 11.4. The lowest BCUT2D eigenvalue weighted by Gasteiger charge is -2.27. The van der Waals surface area contributed by atoms with Crippen LogP contribution in [0.2, 0.25) is 0 Å². The molecule has 0 aromatic heterocycles. The van der Waals surface area contributed by atoms with Crippen molar-refractivity contribution in [1.82, 2.24) is 0 Å². The Hall–Kier alpha value is -1.61. The molecule has 0 radical (unpaired) electrons. The summed E-state index contributed by atoms with van der Waals surface area (Å²) >= 11 is 0. The molecule has 1 saturated carbocycles. The zero-order valence-corrected chi connectivity index (χ0v) is 15.3. The molecule has 1 fully saturated rings. The Bertz CT molecular complexity index is 513. The Morgan fingerprint density at radius 3 is 2.40 bits per heavy atom. The van der Waals surface area contributed by atoms with E-state index in [1.807, 2.05) is 0 Å². The summed E-state index contributed by atoms with van der Waals surface area (Å²) in [6, 6.07) is 9.15. The third-order valence-electron chi connectivity index (χ3n) is 5.33. The van der Waals surface area contributed by atoms with Crippen LogP contribution in [0.25, 0.3) is 0 Å². The normalized spacial score (nSPS) is 20.2. The number of aryl methyl sites for hydroxylation is 1. The van der Waals surface area contributed by atoms with Crippen LogP contribution in [0.4, 0.5) is 0 Å². The van der Waals surface area contributed by atoms with Crippen LogP contribution in [-0.2, 0) is 16.0 Å². The number of hydrogen-bond donors (Lipinski definition) is 1. The van der Waals surface area contributed by atoms with Crippen molar-refractivity contribution in [3.63, 3.8) is 0 Å². The minimum Gasteiger partial charge on any atom is -0.463 e. The number of rotatable bonds is 10. The molecular weight excluding hydrogens is 312 g/mol. The summed E-state index contributed by atoms with van der Waals surface area (Å²) in [6.45, 7) is 4.23. The van der Waals surface area contributed by atoms with E-state index in [4.69, 9.17) is 4.74 Å². The maximum atomic E-state index is 10.9. The second-order valence-electron chi connectivity index (χ2n) is 7.18. The van der Waals surface area contributed by atoms with Crippen LogP contribution >= 0.6 is 0 Å². The number of aliphatic hydroxyl groups excluding tert-OH is 1. The van der Waals surface area contributed by atoms with E-state index in [-0.39, 0.29) is 5.97 Å². The molecule has 138 valence electrons. The summed E-state index contributed by atoms with van der Waals surface area (Å²) < 4.78 is 4.97. The van der Waals surface area contributed by atoms with Gasteiger partial charge >= 0.3 is 5.97 Å². The number of carbonyl (C=O) groups excluding carboxylic acids is 1. The van der Waals surface area contributed by atoms with Crippen LogP contribution in [0.3, 0.4) is 0 Å². The van der Waals surface area contributed by atoms with Crippen LogP contribution in [-0.4, -0.2) is 24.3 Å². The topological polar surface area (TPSA) is 46.5 Å². The van der Waals surface area contributed by atoms with E-state index >= 15 is 0 Å². The summed E-state index contributed by atoms with van der Waals surface area (Å²) in [5, 5.41) is 9.24. The SMILES string of the molecule is C=CC(=O)OCCCCCCc1ccc(C2CCC(CO)CC2)cc1. The zero-order valence-electron chi connectivity index (χ0n) is 15.3. The highest BCUT2D eigenvalue weighted by atomic mass is 16.5. The van der Waals surface area contributed by atoms with Crippen molar-refractivity contribution in [2.45, 2.75) is 63.7 Å². The minimum atomic E-state index is -0.329. The Labute approximate surface area is 152 Å². The number of hydrogen-bond acceptors (Lipinski definition) is 3. The summed E-state index contributed by atoms with van der Waals surface area (Å²) in [5.41, 5.74) is 2.87. The molecule has 0 spiro atoms. The molecule has 0 bridgehead atoms. The number of carbonyl (C=O) groups is 1. The Kier molecular flexibility index (Phi) is 8.75. The van der Waals surface area contributed by atoms with Crippen molar-refractivity contribution in [1.29, 1.82) is 0 Å². The quantitative estimate of drug-likeness (QED) is 0.377. The van der Waals surface area contributed by atoms with Gasteiger partial charge in [0.25, 0.3) is 0 Å². The molecule has 0 amide bonds. The fourth-order valence-electron chi connectivity index (χ4n) is 3.65. The number of unbranched alkanes of at least 4 members (excludes halogenated alkanes) is 3. The molecule has 1 aliphatic carbocycles. The number of ether oxygens (including phenoxy) is 1. The molecule has 1 aromatic rings. The van der Waals surface area contributed by atoms with Crippen molar-refractivity contribution in [3.8, 4) is 0 Å². The summed E-state index contributed by atoms with van der Waals surface area (Å²) in [5.74, 6) is 0.871. The van der Waals surface area contributed by atoms with E-state index in [0.29, 0.717) is 25.0 Å². The van der Waals surface area contributed by atoms with Gasteiger partial charge in [0.1, 0.15) is 0 Å². The van der Waals surface area contributed by atoms with Gasteiger partial charge in [0.2, 0.25) is 0 Å². The maximum Gasteiger partial charge on any atom is 0.330 e. The van der Waals surface area contributed by atoms with Gasteiger partial charge in [-0.2, -0.15) is 0 Å². The Morgan fingerprint density at radius 1 is 1.08 bits per heavy atom. The molecule has 0 aliphatic heterocycles. The standard InChI is InChI=1S/C22H32O3/c1-2-22(24)25-16-6-4-3-5-7-18-8-12-20(13-9-18)21-14-10-19(17-23)11-15-21/h2,8-9,12-13,19,21,23H,1,3-7,10-11,14-17H2. The molecule has 1 aromatic carbocycles. The van der Waals surface area contributed by atoms with E-state index in [0.717, 1.165) is 32.1 Å². The van der Waals surface area contributed by atoms with Gasteiger partial charge in [-0.05, 0) is 67.9 Å². The first-order chi connectivity index (χ1) is 12.2. The third-order valence-corrected chi connectivity index (χ3v) is 5.33.